The molecule has 0 saturated heterocycles. The fraction of sp³-hybridized carbons (Fsp3) is 0. The number of hydrogen-bond acceptors (Lipinski definition) is 4. The predicted molar refractivity (Wildman–Crippen MR) is 338 cm³/mol. The molecule has 0 aliphatic carbocycles. The van der Waals surface area contributed by atoms with Crippen LogP contribution in [0.2, 0.25) is 0 Å². The molecule has 0 radical (unpaired) electrons. The highest BCUT2D eigenvalue weighted by atomic mass is 15.2. The monoisotopic (exact) mass is 1060 g/mol. The van der Waals surface area contributed by atoms with Gasteiger partial charge in [0.2, 0.25) is 0 Å². The average molecular weight is 1060 g/mol. The van der Waals surface area contributed by atoms with Gasteiger partial charge in [-0.25, -0.2) is 29.3 Å². The quantitative estimate of drug-likeness (QED) is 0.114. The summed E-state index contributed by atoms with van der Waals surface area (Å²) in [5.74, 6) is 0.503. The number of anilines is 6. The minimum atomic E-state index is 0.503. The first kappa shape index (κ1) is 50.4. The maximum atomic E-state index is 7.63. The number of aromatic nitrogens is 3. The molecule has 2 heterocycles. The van der Waals surface area contributed by atoms with Gasteiger partial charge in [-0.2, -0.15) is 0 Å². The van der Waals surface area contributed by atoms with Gasteiger partial charge in [0.15, 0.2) is 28.6 Å². The summed E-state index contributed by atoms with van der Waals surface area (Å²) in [6.45, 7) is 30.4. The molecule has 2 aromatic heterocycles. The molecule has 386 valence electrons. The zero-order valence-corrected chi connectivity index (χ0v) is 44.5. The predicted octanol–water partition coefficient (Wildman–Crippen LogP) is 21.1. The molecule has 0 fully saturated rings. The van der Waals surface area contributed by atoms with E-state index in [4.69, 9.17) is 36.3 Å². The van der Waals surface area contributed by atoms with Gasteiger partial charge < -0.3 is 14.4 Å². The van der Waals surface area contributed by atoms with Crippen LogP contribution in [0.15, 0.2) is 273 Å². The van der Waals surface area contributed by atoms with Gasteiger partial charge in [0.05, 0.1) is 48.7 Å². The summed E-state index contributed by atoms with van der Waals surface area (Å²) in [4.78, 5) is 29.0. The first-order valence-corrected chi connectivity index (χ1v) is 26.8. The van der Waals surface area contributed by atoms with E-state index >= 15 is 0 Å². The van der Waals surface area contributed by atoms with Gasteiger partial charge in [0.1, 0.15) is 0 Å². The Morgan fingerprint density at radius 3 is 1.10 bits per heavy atom. The van der Waals surface area contributed by atoms with Gasteiger partial charge in [0.25, 0.3) is 0 Å². The molecule has 0 unspecified atom stereocenters. The van der Waals surface area contributed by atoms with E-state index in [-0.39, 0.29) is 0 Å². The summed E-state index contributed by atoms with van der Waals surface area (Å²) in [6.07, 6.45) is 0. The molecule has 13 rings (SSSR count). The van der Waals surface area contributed by atoms with Gasteiger partial charge >= 0.3 is 0 Å². The summed E-state index contributed by atoms with van der Waals surface area (Å²) < 4.78 is 2.34. The molecule has 13 aromatic rings. The topological polar surface area (TPSA) is 54.6 Å². The fourth-order valence-corrected chi connectivity index (χ4v) is 10.8. The molecule has 9 nitrogen and oxygen atoms in total. The lowest BCUT2D eigenvalue weighted by molar-refractivity contribution is 1.18. The molecule has 0 saturated carbocycles. The van der Waals surface area contributed by atoms with Crippen LogP contribution in [0.4, 0.5) is 56.9 Å². The van der Waals surface area contributed by atoms with E-state index in [9.17, 15) is 0 Å². The van der Waals surface area contributed by atoms with Gasteiger partial charge in [-0.05, 0) is 143 Å². The summed E-state index contributed by atoms with van der Waals surface area (Å²) >= 11 is 0. The third-order valence-corrected chi connectivity index (χ3v) is 14.8. The van der Waals surface area contributed by atoms with Crippen LogP contribution in [0, 0.1) is 26.3 Å². The first-order valence-electron chi connectivity index (χ1n) is 26.8. The molecule has 0 amide bonds. The van der Waals surface area contributed by atoms with E-state index in [1.807, 2.05) is 97.1 Å². The SMILES string of the molecule is [C-]#[N+]c1ccc(N(c2ccc([N+]#[C-])cc2)c2ccc3c(c2)c2cc(N(c4ccccc4)c4ccccc4)ccc2n3-c2ccc(-c3ccc(-c4ccc(-c5cc(-c6cccc([N+]#[C-])c6)nc(-c6cccc([N+]#[C-])c6)n5)cc4)cc3)cc2)cc1. The zero-order chi connectivity index (χ0) is 56.2. The second-order valence-corrected chi connectivity index (χ2v) is 19.8. The molecular formula is C74H45N9. The first-order chi connectivity index (χ1) is 40.9. The van der Waals surface area contributed by atoms with Crippen molar-refractivity contribution in [3.8, 4) is 61.8 Å². The second kappa shape index (κ2) is 21.9. The summed E-state index contributed by atoms with van der Waals surface area (Å²) in [7, 11) is 0. The number of rotatable bonds is 12. The van der Waals surface area contributed by atoms with Crippen LogP contribution in [0.3, 0.4) is 0 Å². The molecule has 0 N–H and O–H groups in total. The average Bonchev–Trinajstić information content (AvgIpc) is 3.11. The smallest absolute Gasteiger partial charge is 0.187 e. The minimum Gasteiger partial charge on any atom is -0.311 e. The van der Waals surface area contributed by atoms with Gasteiger partial charge in [0, 0.05) is 61.7 Å². The number of nitrogens with zero attached hydrogens (tertiary/aromatic N) is 9. The molecule has 0 aliphatic rings. The van der Waals surface area contributed by atoms with Crippen molar-refractivity contribution in [1.29, 1.82) is 0 Å². The van der Waals surface area contributed by atoms with Gasteiger partial charge in [-0.3, -0.25) is 0 Å². The van der Waals surface area contributed by atoms with E-state index in [0.717, 1.165) is 106 Å². The summed E-state index contributed by atoms with van der Waals surface area (Å²) in [5, 5.41) is 2.14. The van der Waals surface area contributed by atoms with E-state index < -0.39 is 0 Å². The molecule has 0 aliphatic heterocycles. The van der Waals surface area contributed by atoms with Crippen LogP contribution in [-0.4, -0.2) is 14.5 Å². The Morgan fingerprint density at radius 2 is 0.651 bits per heavy atom. The van der Waals surface area contributed by atoms with Crippen LogP contribution in [-0.2, 0) is 0 Å². The number of hydrogen-bond donors (Lipinski definition) is 0. The Hall–Kier alpha value is -12.1. The van der Waals surface area contributed by atoms with Crippen molar-refractivity contribution in [2.45, 2.75) is 0 Å². The Balaban J connectivity index is 0.850. The Morgan fingerprint density at radius 1 is 0.277 bits per heavy atom. The maximum absolute atomic E-state index is 7.63. The van der Waals surface area contributed by atoms with Crippen LogP contribution >= 0.6 is 0 Å². The van der Waals surface area contributed by atoms with Crippen molar-refractivity contribution in [1.82, 2.24) is 14.5 Å². The van der Waals surface area contributed by atoms with Crippen molar-refractivity contribution < 1.29 is 0 Å². The van der Waals surface area contributed by atoms with E-state index in [2.05, 4.69) is 191 Å². The van der Waals surface area contributed by atoms with Crippen molar-refractivity contribution in [3.63, 3.8) is 0 Å². The maximum Gasteiger partial charge on any atom is 0.187 e. The highest BCUT2D eigenvalue weighted by Gasteiger charge is 2.21. The lowest BCUT2D eigenvalue weighted by Crippen LogP contribution is -2.09. The Bertz CT molecular complexity index is 4560. The van der Waals surface area contributed by atoms with E-state index in [0.29, 0.717) is 34.3 Å². The standard InChI is InChI=1S/C74H45N9/c1-75-57-31-37-63(38-32-57)82(64-39-33-58(76-2)34-40-64)67-42-44-73-69(48-67)68-47-66(81(61-17-7-5-8-18-61)62-19-9-6-10-20-62)41-43-72(68)83(73)65-35-29-53(30-36-65)51-23-21-50(22-24-51)52-25-27-54(28-26-52)70-49-71(55-13-11-15-59(45-55)77-3)80-74(79-70)56-14-12-16-60(46-56)78-4/h5-49H. The molecule has 9 heteroatoms. The number of para-hydroxylation sites is 2. The van der Waals surface area contributed by atoms with E-state index in [1.54, 1.807) is 18.2 Å². The molecule has 0 bridgehead atoms. The lowest BCUT2D eigenvalue weighted by Gasteiger charge is -2.26. The van der Waals surface area contributed by atoms with Crippen molar-refractivity contribution in [2.75, 3.05) is 9.80 Å². The molecule has 11 aromatic carbocycles. The summed E-state index contributed by atoms with van der Waals surface area (Å²) in [5.41, 5.74) is 19.3. The number of benzene rings is 11. The van der Waals surface area contributed by atoms with Crippen LogP contribution < -0.4 is 9.80 Å². The van der Waals surface area contributed by atoms with E-state index in [1.165, 1.54) is 0 Å². The fourth-order valence-electron chi connectivity index (χ4n) is 10.8. The van der Waals surface area contributed by atoms with Crippen molar-refractivity contribution in [3.05, 3.63) is 319 Å². The minimum absolute atomic E-state index is 0.503. The van der Waals surface area contributed by atoms with Gasteiger partial charge in [-0.1, -0.05) is 158 Å². The second-order valence-electron chi connectivity index (χ2n) is 19.8. The van der Waals surface area contributed by atoms with Crippen molar-refractivity contribution in [2.24, 2.45) is 0 Å². The molecule has 0 spiro atoms. The largest absolute Gasteiger partial charge is 0.311 e. The normalized spacial score (nSPS) is 10.8. The number of fused-ring (bicyclic) bond motifs is 3. The highest BCUT2D eigenvalue weighted by Crippen LogP contribution is 2.44. The van der Waals surface area contributed by atoms with Crippen LogP contribution in [0.5, 0.6) is 0 Å². The van der Waals surface area contributed by atoms with Crippen LogP contribution in [0.25, 0.3) is 103 Å². The highest BCUT2D eigenvalue weighted by molar-refractivity contribution is 6.12. The lowest BCUT2D eigenvalue weighted by atomic mass is 9.98. The Labute approximate surface area is 481 Å². The van der Waals surface area contributed by atoms with Gasteiger partial charge in [-0.15, -0.1) is 0 Å². The third kappa shape index (κ3) is 9.94. The molecule has 83 heavy (non-hydrogen) atoms. The molecule has 0 atom stereocenters. The third-order valence-electron chi connectivity index (χ3n) is 14.8. The molecular weight excluding hydrogens is 1010 g/mol. The zero-order valence-electron chi connectivity index (χ0n) is 44.5. The Kier molecular flexibility index (Phi) is 13.3. The summed E-state index contributed by atoms with van der Waals surface area (Å²) in [6, 6.07) is 91.9. The van der Waals surface area contributed by atoms with Crippen LogP contribution in [0.1, 0.15) is 0 Å². The van der Waals surface area contributed by atoms with Crippen molar-refractivity contribution >= 4 is 78.7 Å².